The highest BCUT2D eigenvalue weighted by atomic mass is 16.5. The van der Waals surface area contributed by atoms with Crippen molar-refractivity contribution < 1.29 is 4.74 Å². The summed E-state index contributed by atoms with van der Waals surface area (Å²) in [6.07, 6.45) is 2.37. The van der Waals surface area contributed by atoms with Gasteiger partial charge in [0, 0.05) is 6.04 Å². The summed E-state index contributed by atoms with van der Waals surface area (Å²) in [7, 11) is 4.23. The lowest BCUT2D eigenvalue weighted by Crippen LogP contribution is -2.33. The van der Waals surface area contributed by atoms with E-state index >= 15 is 0 Å². The first-order valence-corrected chi connectivity index (χ1v) is 6.41. The van der Waals surface area contributed by atoms with Gasteiger partial charge in [-0.15, -0.1) is 0 Å². The van der Waals surface area contributed by atoms with Crippen LogP contribution in [-0.4, -0.2) is 31.6 Å². The second-order valence-corrected chi connectivity index (χ2v) is 4.96. The molecule has 96 valence electrons. The summed E-state index contributed by atoms with van der Waals surface area (Å²) in [6.45, 7) is 7.23. The van der Waals surface area contributed by atoms with Gasteiger partial charge < -0.3 is 9.64 Å². The van der Waals surface area contributed by atoms with Gasteiger partial charge in [-0.1, -0.05) is 19.4 Å². The average molecular weight is 235 g/mol. The summed E-state index contributed by atoms with van der Waals surface area (Å²) >= 11 is 0. The van der Waals surface area contributed by atoms with Crippen LogP contribution in [0.15, 0.2) is 18.2 Å². The maximum Gasteiger partial charge on any atom is 0.119 e. The Labute approximate surface area is 106 Å². The Morgan fingerprint density at radius 3 is 2.41 bits per heavy atom. The second kappa shape index (κ2) is 6.65. The van der Waals surface area contributed by atoms with Gasteiger partial charge in [0.2, 0.25) is 0 Å². The molecule has 0 aliphatic heterocycles. The first kappa shape index (κ1) is 14.0. The molecule has 1 aromatic carbocycles. The Balaban J connectivity index is 2.56. The molecule has 0 aromatic heterocycles. The first-order valence-electron chi connectivity index (χ1n) is 6.41. The van der Waals surface area contributed by atoms with Crippen molar-refractivity contribution in [1.29, 1.82) is 0 Å². The molecule has 1 rings (SSSR count). The molecular weight excluding hydrogens is 210 g/mol. The first-order chi connectivity index (χ1) is 8.04. The predicted molar refractivity (Wildman–Crippen MR) is 73.8 cm³/mol. The maximum atomic E-state index is 5.88. The smallest absolute Gasteiger partial charge is 0.119 e. The van der Waals surface area contributed by atoms with Crippen molar-refractivity contribution in [2.75, 3.05) is 20.7 Å². The third-order valence-corrected chi connectivity index (χ3v) is 3.27. The third kappa shape index (κ3) is 4.39. The van der Waals surface area contributed by atoms with Gasteiger partial charge in [0.15, 0.2) is 0 Å². The zero-order valence-electron chi connectivity index (χ0n) is 11.8. The van der Waals surface area contributed by atoms with Crippen molar-refractivity contribution in [1.82, 2.24) is 4.90 Å². The van der Waals surface area contributed by atoms with Gasteiger partial charge in [0.1, 0.15) is 12.4 Å². The monoisotopic (exact) mass is 235 g/mol. The van der Waals surface area contributed by atoms with Gasteiger partial charge in [-0.3, -0.25) is 0 Å². The molecule has 0 heterocycles. The van der Waals surface area contributed by atoms with Crippen LogP contribution in [0.4, 0.5) is 0 Å². The lowest BCUT2D eigenvalue weighted by atomic mass is 10.1. The minimum atomic E-state index is 0.501. The SMILES string of the molecule is CCCC(COc1ccc(C)c(C)c1)N(C)C. The number of ether oxygens (including phenoxy) is 1. The number of rotatable bonds is 6. The quantitative estimate of drug-likeness (QED) is 0.749. The van der Waals surface area contributed by atoms with E-state index in [4.69, 9.17) is 4.74 Å². The van der Waals surface area contributed by atoms with E-state index in [0.29, 0.717) is 6.04 Å². The van der Waals surface area contributed by atoms with E-state index in [1.165, 1.54) is 24.0 Å². The molecule has 0 N–H and O–H groups in total. The fraction of sp³-hybridized carbons (Fsp3) is 0.600. The average Bonchev–Trinajstić information content (AvgIpc) is 2.28. The van der Waals surface area contributed by atoms with Crippen molar-refractivity contribution in [2.45, 2.75) is 39.7 Å². The molecule has 0 amide bonds. The lowest BCUT2D eigenvalue weighted by molar-refractivity contribution is 0.176. The third-order valence-electron chi connectivity index (χ3n) is 3.27. The second-order valence-electron chi connectivity index (χ2n) is 4.96. The molecule has 1 atom stereocenters. The highest BCUT2D eigenvalue weighted by Gasteiger charge is 2.11. The van der Waals surface area contributed by atoms with E-state index in [1.807, 2.05) is 0 Å². The molecule has 2 nitrogen and oxygen atoms in total. The Bertz CT molecular complexity index is 347. The summed E-state index contributed by atoms with van der Waals surface area (Å²) in [5, 5.41) is 0. The van der Waals surface area contributed by atoms with Gasteiger partial charge >= 0.3 is 0 Å². The van der Waals surface area contributed by atoms with E-state index in [-0.39, 0.29) is 0 Å². The Morgan fingerprint density at radius 2 is 1.88 bits per heavy atom. The summed E-state index contributed by atoms with van der Waals surface area (Å²) in [5.74, 6) is 0.982. The highest BCUT2D eigenvalue weighted by molar-refractivity contribution is 5.33. The molecule has 0 saturated carbocycles. The van der Waals surface area contributed by atoms with Gasteiger partial charge in [-0.05, 0) is 57.6 Å². The summed E-state index contributed by atoms with van der Waals surface area (Å²) < 4.78 is 5.88. The summed E-state index contributed by atoms with van der Waals surface area (Å²) in [4.78, 5) is 2.24. The van der Waals surface area contributed by atoms with Crippen LogP contribution in [0.1, 0.15) is 30.9 Å². The Morgan fingerprint density at radius 1 is 1.18 bits per heavy atom. The molecule has 0 aliphatic carbocycles. The number of benzene rings is 1. The van der Waals surface area contributed by atoms with Gasteiger partial charge in [-0.25, -0.2) is 0 Å². The van der Waals surface area contributed by atoms with Crippen LogP contribution in [0.25, 0.3) is 0 Å². The minimum Gasteiger partial charge on any atom is -0.492 e. The van der Waals surface area contributed by atoms with E-state index in [1.54, 1.807) is 0 Å². The molecular formula is C15H25NO. The van der Waals surface area contributed by atoms with E-state index < -0.39 is 0 Å². The molecule has 1 aromatic rings. The van der Waals surface area contributed by atoms with Crippen LogP contribution in [-0.2, 0) is 0 Å². The van der Waals surface area contributed by atoms with Gasteiger partial charge in [-0.2, -0.15) is 0 Å². The van der Waals surface area contributed by atoms with Crippen molar-refractivity contribution in [3.8, 4) is 5.75 Å². The number of likely N-dealkylation sites (N-methyl/N-ethyl adjacent to an activating group) is 1. The number of hydrogen-bond acceptors (Lipinski definition) is 2. The van der Waals surface area contributed by atoms with Crippen molar-refractivity contribution in [3.05, 3.63) is 29.3 Å². The molecule has 2 heteroatoms. The van der Waals surface area contributed by atoms with E-state index in [2.05, 4.69) is 58.0 Å². The molecule has 0 fully saturated rings. The van der Waals surface area contributed by atoms with Gasteiger partial charge in [0.25, 0.3) is 0 Å². The molecule has 0 radical (unpaired) electrons. The van der Waals surface area contributed by atoms with Crippen molar-refractivity contribution >= 4 is 0 Å². The van der Waals surface area contributed by atoms with Crippen LogP contribution >= 0.6 is 0 Å². The largest absolute Gasteiger partial charge is 0.492 e. The van der Waals surface area contributed by atoms with E-state index in [9.17, 15) is 0 Å². The van der Waals surface area contributed by atoms with E-state index in [0.717, 1.165) is 12.4 Å². The summed E-state index contributed by atoms with van der Waals surface area (Å²) in [6, 6.07) is 6.80. The lowest BCUT2D eigenvalue weighted by Gasteiger charge is -2.24. The minimum absolute atomic E-state index is 0.501. The zero-order valence-corrected chi connectivity index (χ0v) is 11.8. The zero-order chi connectivity index (χ0) is 12.8. The van der Waals surface area contributed by atoms with Crippen LogP contribution < -0.4 is 4.74 Å². The standard InChI is InChI=1S/C15H25NO/c1-6-7-14(16(4)5)11-17-15-9-8-12(2)13(3)10-15/h8-10,14H,6-7,11H2,1-5H3. The molecule has 0 saturated heterocycles. The molecule has 0 spiro atoms. The predicted octanol–water partition coefficient (Wildman–Crippen LogP) is 3.41. The molecule has 17 heavy (non-hydrogen) atoms. The highest BCUT2D eigenvalue weighted by Crippen LogP contribution is 2.17. The van der Waals surface area contributed by atoms with Crippen molar-refractivity contribution in [2.24, 2.45) is 0 Å². The summed E-state index contributed by atoms with van der Waals surface area (Å²) in [5.41, 5.74) is 2.61. The van der Waals surface area contributed by atoms with Crippen LogP contribution in [0.2, 0.25) is 0 Å². The topological polar surface area (TPSA) is 12.5 Å². The van der Waals surface area contributed by atoms with Crippen molar-refractivity contribution in [3.63, 3.8) is 0 Å². The fourth-order valence-electron chi connectivity index (χ4n) is 1.82. The number of aryl methyl sites for hydroxylation is 2. The molecule has 0 aliphatic rings. The normalized spacial score (nSPS) is 12.8. The number of hydrogen-bond donors (Lipinski definition) is 0. The van der Waals surface area contributed by atoms with Crippen LogP contribution in [0.3, 0.4) is 0 Å². The fourth-order valence-corrected chi connectivity index (χ4v) is 1.82. The van der Waals surface area contributed by atoms with Gasteiger partial charge in [0.05, 0.1) is 0 Å². The van der Waals surface area contributed by atoms with Crippen LogP contribution in [0.5, 0.6) is 5.75 Å². The Hall–Kier alpha value is -1.02. The number of nitrogens with zero attached hydrogens (tertiary/aromatic N) is 1. The van der Waals surface area contributed by atoms with Crippen LogP contribution in [0, 0.1) is 13.8 Å². The molecule has 1 unspecified atom stereocenters. The maximum absolute atomic E-state index is 5.88. The molecule has 0 bridgehead atoms. The Kier molecular flexibility index (Phi) is 5.49.